The fraction of sp³-hybridized carbons (Fsp3) is 0.222. The van der Waals surface area contributed by atoms with Gasteiger partial charge in [0.15, 0.2) is 5.75 Å². The van der Waals surface area contributed by atoms with Crippen molar-refractivity contribution in [3.8, 4) is 5.75 Å². The summed E-state index contributed by atoms with van der Waals surface area (Å²) in [4.78, 5) is 12.7. The van der Waals surface area contributed by atoms with Gasteiger partial charge in [-0.25, -0.2) is 0 Å². The summed E-state index contributed by atoms with van der Waals surface area (Å²) in [6, 6.07) is 6.22. The molecule has 12 heavy (non-hydrogen) atoms. The number of nitrogens with zero attached hydrogens (tertiary/aromatic N) is 1. The molecule has 0 fully saturated rings. The smallest absolute Gasteiger partial charge is 0.257 e. The summed E-state index contributed by atoms with van der Waals surface area (Å²) in [5.74, 6) is -0.475. The van der Waals surface area contributed by atoms with Gasteiger partial charge in [-0.05, 0) is 12.1 Å². The molecule has 3 heteroatoms. The number of hydrogen-bond acceptors (Lipinski definition) is 1. The maximum Gasteiger partial charge on any atom is 0.257 e. The Hall–Kier alpha value is -1.51. The van der Waals surface area contributed by atoms with Gasteiger partial charge in [0.05, 0.1) is 5.56 Å². The Morgan fingerprint density at radius 2 is 1.83 bits per heavy atom. The molecule has 1 aromatic rings. The minimum Gasteiger partial charge on any atom is -0.345 e. The third-order valence-electron chi connectivity index (χ3n) is 1.52. The van der Waals surface area contributed by atoms with Gasteiger partial charge in [-0.15, -0.1) is 0 Å². The molecule has 0 bridgehead atoms. The molecule has 1 amide bonds. The molecule has 0 atom stereocenters. The van der Waals surface area contributed by atoms with Crippen molar-refractivity contribution in [3.63, 3.8) is 0 Å². The highest BCUT2D eigenvalue weighted by Gasteiger charge is 2.12. The SMILES string of the molecule is CN(C)C(=O)c1ccccc1[O]. The first-order valence-corrected chi connectivity index (χ1v) is 3.60. The maximum absolute atomic E-state index is 11.3. The summed E-state index contributed by atoms with van der Waals surface area (Å²) in [5.41, 5.74) is 0.225. The first-order chi connectivity index (χ1) is 5.63. The van der Waals surface area contributed by atoms with Gasteiger partial charge in [-0.1, -0.05) is 12.1 Å². The van der Waals surface area contributed by atoms with E-state index in [4.69, 9.17) is 0 Å². The molecule has 0 saturated heterocycles. The van der Waals surface area contributed by atoms with Crippen LogP contribution in [0.5, 0.6) is 5.75 Å². The van der Waals surface area contributed by atoms with Crippen molar-refractivity contribution < 1.29 is 9.90 Å². The van der Waals surface area contributed by atoms with E-state index in [0.717, 1.165) is 0 Å². The summed E-state index contributed by atoms with van der Waals surface area (Å²) in [7, 11) is 3.24. The molecule has 0 N–H and O–H groups in total. The van der Waals surface area contributed by atoms with Crippen LogP contribution in [0.3, 0.4) is 0 Å². The van der Waals surface area contributed by atoms with Crippen LogP contribution in [0.25, 0.3) is 0 Å². The zero-order chi connectivity index (χ0) is 9.14. The topological polar surface area (TPSA) is 40.2 Å². The Balaban J connectivity index is 3.03. The van der Waals surface area contributed by atoms with E-state index in [9.17, 15) is 9.90 Å². The Morgan fingerprint density at radius 1 is 1.25 bits per heavy atom. The highest BCUT2D eigenvalue weighted by molar-refractivity contribution is 5.96. The quantitative estimate of drug-likeness (QED) is 0.620. The van der Waals surface area contributed by atoms with Gasteiger partial charge in [-0.2, -0.15) is 0 Å². The Bertz CT molecular complexity index is 294. The summed E-state index contributed by atoms with van der Waals surface area (Å²) in [5, 5.41) is 11.1. The van der Waals surface area contributed by atoms with Gasteiger partial charge in [-0.3, -0.25) is 9.90 Å². The number of amides is 1. The molecule has 1 rings (SSSR count). The van der Waals surface area contributed by atoms with E-state index in [1.807, 2.05) is 0 Å². The third kappa shape index (κ3) is 1.56. The van der Waals surface area contributed by atoms with Crippen molar-refractivity contribution >= 4 is 5.91 Å². The number of carbonyl (C=O) groups excluding carboxylic acids is 1. The lowest BCUT2D eigenvalue weighted by atomic mass is 10.2. The molecule has 0 aliphatic heterocycles. The van der Waals surface area contributed by atoms with Crippen LogP contribution in [0.2, 0.25) is 0 Å². The van der Waals surface area contributed by atoms with Crippen LogP contribution < -0.4 is 0 Å². The third-order valence-corrected chi connectivity index (χ3v) is 1.52. The van der Waals surface area contributed by atoms with Crippen molar-refractivity contribution in [2.24, 2.45) is 0 Å². The number of hydrogen-bond donors (Lipinski definition) is 0. The van der Waals surface area contributed by atoms with Gasteiger partial charge in [0.2, 0.25) is 0 Å². The summed E-state index contributed by atoms with van der Waals surface area (Å²) < 4.78 is 0. The molecule has 0 aliphatic carbocycles. The first-order valence-electron chi connectivity index (χ1n) is 3.60. The zero-order valence-corrected chi connectivity index (χ0v) is 7.07. The Morgan fingerprint density at radius 3 is 2.33 bits per heavy atom. The lowest BCUT2D eigenvalue weighted by Gasteiger charge is -2.09. The van der Waals surface area contributed by atoms with Crippen molar-refractivity contribution in [2.45, 2.75) is 0 Å². The van der Waals surface area contributed by atoms with E-state index in [-0.39, 0.29) is 17.2 Å². The van der Waals surface area contributed by atoms with E-state index in [1.54, 1.807) is 26.2 Å². The lowest BCUT2D eigenvalue weighted by Crippen LogP contribution is -2.21. The molecule has 1 aromatic carbocycles. The first kappa shape index (κ1) is 8.59. The van der Waals surface area contributed by atoms with Gasteiger partial charge >= 0.3 is 0 Å². The predicted octanol–water partition coefficient (Wildman–Crippen LogP) is 1.53. The average Bonchev–Trinajstić information content (AvgIpc) is 2.04. The van der Waals surface area contributed by atoms with Crippen LogP contribution >= 0.6 is 0 Å². The minimum atomic E-state index is -0.249. The van der Waals surface area contributed by atoms with Gasteiger partial charge < -0.3 is 4.90 Å². The Labute approximate surface area is 71.2 Å². The highest BCUT2D eigenvalue weighted by atomic mass is 16.3. The molecule has 3 nitrogen and oxygen atoms in total. The number of para-hydroxylation sites is 1. The predicted molar refractivity (Wildman–Crippen MR) is 44.6 cm³/mol. The molecule has 0 aliphatic rings. The van der Waals surface area contributed by atoms with Crippen LogP contribution in [0.4, 0.5) is 0 Å². The average molecular weight is 164 g/mol. The minimum absolute atomic E-state index is 0.225. The summed E-state index contributed by atoms with van der Waals surface area (Å²) in [6.45, 7) is 0. The van der Waals surface area contributed by atoms with E-state index in [2.05, 4.69) is 0 Å². The van der Waals surface area contributed by atoms with Crippen LogP contribution in [-0.2, 0) is 5.11 Å². The van der Waals surface area contributed by atoms with Gasteiger partial charge in [0.25, 0.3) is 5.91 Å². The van der Waals surface area contributed by atoms with E-state index in [0.29, 0.717) is 0 Å². The fourth-order valence-corrected chi connectivity index (χ4v) is 0.884. The Kier molecular flexibility index (Phi) is 2.33. The molecule has 0 spiro atoms. The molecule has 0 saturated carbocycles. The lowest BCUT2D eigenvalue weighted by molar-refractivity contribution is 0.0823. The van der Waals surface area contributed by atoms with Crippen molar-refractivity contribution in [3.05, 3.63) is 29.8 Å². The highest BCUT2D eigenvalue weighted by Crippen LogP contribution is 2.17. The molecule has 0 unspecified atom stereocenters. The van der Waals surface area contributed by atoms with Crippen LogP contribution in [-0.4, -0.2) is 24.9 Å². The molecule has 0 aromatic heterocycles. The van der Waals surface area contributed by atoms with E-state index >= 15 is 0 Å². The molecule has 1 radical (unpaired) electrons. The van der Waals surface area contributed by atoms with Crippen molar-refractivity contribution in [1.29, 1.82) is 0 Å². The zero-order valence-electron chi connectivity index (χ0n) is 7.07. The van der Waals surface area contributed by atoms with E-state index in [1.165, 1.54) is 17.0 Å². The normalized spacial score (nSPS) is 9.50. The van der Waals surface area contributed by atoms with Crippen LogP contribution in [0.15, 0.2) is 24.3 Å². The number of carbonyl (C=O) groups is 1. The maximum atomic E-state index is 11.3. The van der Waals surface area contributed by atoms with Gasteiger partial charge in [0.1, 0.15) is 0 Å². The number of rotatable bonds is 1. The van der Waals surface area contributed by atoms with Crippen LogP contribution in [0, 0.1) is 0 Å². The van der Waals surface area contributed by atoms with Gasteiger partial charge in [0, 0.05) is 14.1 Å². The molecular weight excluding hydrogens is 154 g/mol. The summed E-state index contributed by atoms with van der Waals surface area (Å²) in [6.07, 6.45) is 0. The van der Waals surface area contributed by atoms with Crippen LogP contribution in [0.1, 0.15) is 10.4 Å². The second-order valence-electron chi connectivity index (χ2n) is 2.70. The molecule has 0 heterocycles. The fourth-order valence-electron chi connectivity index (χ4n) is 0.884. The second kappa shape index (κ2) is 3.26. The number of benzene rings is 1. The second-order valence-corrected chi connectivity index (χ2v) is 2.70. The standard InChI is InChI=1S/C9H10NO2/c1-10(2)9(12)7-5-3-4-6-8(7)11/h3-6H,1-2H3. The largest absolute Gasteiger partial charge is 0.345 e. The molecular formula is C9H10NO2. The molecule has 63 valence electrons. The summed E-state index contributed by atoms with van der Waals surface area (Å²) >= 11 is 0. The monoisotopic (exact) mass is 164 g/mol. The van der Waals surface area contributed by atoms with Crippen molar-refractivity contribution in [1.82, 2.24) is 4.90 Å². The van der Waals surface area contributed by atoms with Crippen molar-refractivity contribution in [2.75, 3.05) is 14.1 Å². The van der Waals surface area contributed by atoms with E-state index < -0.39 is 0 Å².